The van der Waals surface area contributed by atoms with Crippen molar-refractivity contribution in [3.8, 4) is 11.1 Å². The largest absolute Gasteiger partial charge is 0.455 e. The third-order valence-corrected chi connectivity index (χ3v) is 9.78. The first-order chi connectivity index (χ1) is 23.8. The average Bonchev–Trinajstić information content (AvgIpc) is 3.56. The first kappa shape index (κ1) is 26.8. The lowest BCUT2D eigenvalue weighted by Gasteiger charge is -2.28. The molecular weight excluding hydrogens is 583 g/mol. The summed E-state index contributed by atoms with van der Waals surface area (Å²) in [4.78, 5) is 2.42. The molecule has 0 unspecified atom stereocenters. The molecular formula is C46H29NO. The molecule has 1 aromatic heterocycles. The lowest BCUT2D eigenvalue weighted by atomic mass is 9.95. The van der Waals surface area contributed by atoms with Crippen LogP contribution in [0.15, 0.2) is 180 Å². The second-order valence-electron chi connectivity index (χ2n) is 12.5. The van der Waals surface area contributed by atoms with Crippen LogP contribution in [0.5, 0.6) is 0 Å². The van der Waals surface area contributed by atoms with Crippen LogP contribution in [0.2, 0.25) is 0 Å². The van der Waals surface area contributed by atoms with Gasteiger partial charge in [-0.25, -0.2) is 0 Å². The highest BCUT2D eigenvalue weighted by Gasteiger charge is 2.23. The minimum absolute atomic E-state index is 0.901. The Kier molecular flexibility index (Phi) is 5.91. The molecule has 0 saturated heterocycles. The summed E-state index contributed by atoms with van der Waals surface area (Å²) < 4.78 is 7.01. The van der Waals surface area contributed by atoms with Crippen molar-refractivity contribution in [1.82, 2.24) is 0 Å². The fourth-order valence-corrected chi connectivity index (χ4v) is 7.68. The fourth-order valence-electron chi connectivity index (χ4n) is 7.68. The van der Waals surface area contributed by atoms with Crippen LogP contribution in [0.4, 0.5) is 17.1 Å². The predicted octanol–water partition coefficient (Wildman–Crippen LogP) is 13.3. The summed E-state index contributed by atoms with van der Waals surface area (Å²) in [6, 6.07) is 63.2. The van der Waals surface area contributed by atoms with Crippen LogP contribution in [-0.4, -0.2) is 0 Å². The van der Waals surface area contributed by atoms with E-state index in [-0.39, 0.29) is 0 Å². The van der Waals surface area contributed by atoms with E-state index in [4.69, 9.17) is 4.42 Å². The van der Waals surface area contributed by atoms with Gasteiger partial charge in [-0.3, -0.25) is 0 Å². The van der Waals surface area contributed by atoms with Crippen LogP contribution >= 0.6 is 0 Å². The molecule has 48 heavy (non-hydrogen) atoms. The predicted molar refractivity (Wildman–Crippen MR) is 204 cm³/mol. The van der Waals surface area contributed by atoms with Crippen molar-refractivity contribution >= 4 is 82.1 Å². The normalized spacial score (nSPS) is 11.8. The highest BCUT2D eigenvalue weighted by atomic mass is 16.3. The van der Waals surface area contributed by atoms with E-state index in [2.05, 4.69) is 181 Å². The molecule has 0 amide bonds. The van der Waals surface area contributed by atoms with E-state index < -0.39 is 0 Å². The van der Waals surface area contributed by atoms with E-state index >= 15 is 0 Å². The van der Waals surface area contributed by atoms with Crippen LogP contribution < -0.4 is 4.90 Å². The minimum atomic E-state index is 0.901. The Morgan fingerprint density at radius 2 is 0.896 bits per heavy atom. The van der Waals surface area contributed by atoms with Gasteiger partial charge in [0.15, 0.2) is 0 Å². The van der Waals surface area contributed by atoms with Gasteiger partial charge in [-0.2, -0.15) is 0 Å². The monoisotopic (exact) mass is 611 g/mol. The minimum Gasteiger partial charge on any atom is -0.455 e. The second-order valence-corrected chi connectivity index (χ2v) is 12.5. The molecule has 0 saturated carbocycles. The van der Waals surface area contributed by atoms with Gasteiger partial charge in [-0.15, -0.1) is 0 Å². The molecule has 0 radical (unpaired) electrons. The number of benzene rings is 9. The quantitative estimate of drug-likeness (QED) is 0.184. The van der Waals surface area contributed by atoms with Crippen molar-refractivity contribution < 1.29 is 4.42 Å². The van der Waals surface area contributed by atoms with E-state index in [1.54, 1.807) is 0 Å². The standard InChI is InChI=1S/C46H29NO/c1-3-15-30(16-4-1)41-28-33(29-42-44-39-25-13-10-22-36(39)37-23-11-14-26-40(37)46(44)48-45(41)42)47(32-18-5-2-6-19-32)43-27-31-17-7-8-20-34(31)35-21-9-12-24-38(35)43/h1-29H. The topological polar surface area (TPSA) is 16.4 Å². The van der Waals surface area contributed by atoms with E-state index in [9.17, 15) is 0 Å². The Balaban J connectivity index is 1.38. The van der Waals surface area contributed by atoms with Gasteiger partial charge in [0.1, 0.15) is 11.2 Å². The Morgan fingerprint density at radius 3 is 1.62 bits per heavy atom. The number of nitrogens with zero attached hydrogens (tertiary/aromatic N) is 1. The zero-order valence-corrected chi connectivity index (χ0v) is 26.1. The molecule has 9 aromatic carbocycles. The molecule has 0 fully saturated rings. The number of hydrogen-bond donors (Lipinski definition) is 0. The number of fused-ring (bicyclic) bond motifs is 11. The zero-order valence-electron chi connectivity index (χ0n) is 26.1. The van der Waals surface area contributed by atoms with Gasteiger partial charge in [0.25, 0.3) is 0 Å². The maximum absolute atomic E-state index is 7.01. The van der Waals surface area contributed by atoms with E-state index in [0.29, 0.717) is 0 Å². The molecule has 0 atom stereocenters. The van der Waals surface area contributed by atoms with Crippen LogP contribution in [0.1, 0.15) is 0 Å². The molecule has 224 valence electrons. The maximum Gasteiger partial charge on any atom is 0.143 e. The van der Waals surface area contributed by atoms with Crippen molar-refractivity contribution in [2.24, 2.45) is 0 Å². The Morgan fingerprint density at radius 1 is 0.354 bits per heavy atom. The summed E-state index contributed by atoms with van der Waals surface area (Å²) in [5.74, 6) is 0. The highest BCUT2D eigenvalue weighted by molar-refractivity contribution is 6.31. The molecule has 10 aromatic rings. The van der Waals surface area contributed by atoms with Gasteiger partial charge in [0, 0.05) is 38.5 Å². The van der Waals surface area contributed by atoms with Crippen molar-refractivity contribution in [2.45, 2.75) is 0 Å². The van der Waals surface area contributed by atoms with Gasteiger partial charge in [0.05, 0.1) is 5.69 Å². The summed E-state index contributed by atoms with van der Waals surface area (Å²) >= 11 is 0. The summed E-state index contributed by atoms with van der Waals surface area (Å²) in [5.41, 5.74) is 7.32. The average molecular weight is 612 g/mol. The van der Waals surface area contributed by atoms with Gasteiger partial charge in [-0.1, -0.05) is 146 Å². The number of rotatable bonds is 4. The van der Waals surface area contributed by atoms with E-state index in [0.717, 1.165) is 55.5 Å². The maximum atomic E-state index is 7.01. The van der Waals surface area contributed by atoms with Gasteiger partial charge >= 0.3 is 0 Å². The summed E-state index contributed by atoms with van der Waals surface area (Å²) in [5, 5.41) is 11.9. The Hall–Kier alpha value is -6.38. The molecule has 2 nitrogen and oxygen atoms in total. The van der Waals surface area contributed by atoms with Crippen LogP contribution in [0.3, 0.4) is 0 Å². The first-order valence-electron chi connectivity index (χ1n) is 16.4. The molecule has 10 rings (SSSR count). The third kappa shape index (κ3) is 4.00. The van der Waals surface area contributed by atoms with E-state index in [1.807, 2.05) is 0 Å². The zero-order chi connectivity index (χ0) is 31.6. The van der Waals surface area contributed by atoms with Crippen LogP contribution in [-0.2, 0) is 0 Å². The first-order valence-corrected chi connectivity index (χ1v) is 16.4. The SMILES string of the molecule is c1ccc(-c2cc(N(c3ccccc3)c3cc4ccccc4c4ccccc34)cc3c2oc2c4ccccc4c4ccccc4c32)cc1. The summed E-state index contributed by atoms with van der Waals surface area (Å²) in [7, 11) is 0. The van der Waals surface area contributed by atoms with Crippen LogP contribution in [0, 0.1) is 0 Å². The second kappa shape index (κ2) is 10.6. The summed E-state index contributed by atoms with van der Waals surface area (Å²) in [6.07, 6.45) is 0. The highest BCUT2D eigenvalue weighted by Crippen LogP contribution is 2.48. The van der Waals surface area contributed by atoms with Gasteiger partial charge in [0.2, 0.25) is 0 Å². The number of hydrogen-bond acceptors (Lipinski definition) is 2. The molecule has 0 spiro atoms. The number of para-hydroxylation sites is 1. The molecule has 0 aliphatic rings. The van der Waals surface area contributed by atoms with E-state index in [1.165, 1.54) is 37.7 Å². The van der Waals surface area contributed by atoms with Crippen molar-refractivity contribution in [2.75, 3.05) is 4.90 Å². The van der Waals surface area contributed by atoms with Gasteiger partial charge in [-0.05, 0) is 68.2 Å². The molecule has 0 aliphatic carbocycles. The number of anilines is 3. The molecule has 2 heteroatoms. The molecule has 0 bridgehead atoms. The van der Waals surface area contributed by atoms with Crippen molar-refractivity contribution in [3.63, 3.8) is 0 Å². The smallest absolute Gasteiger partial charge is 0.143 e. The Bertz CT molecular complexity index is 2830. The lowest BCUT2D eigenvalue weighted by Crippen LogP contribution is -2.11. The molecule has 0 aliphatic heterocycles. The fraction of sp³-hybridized carbons (Fsp3) is 0. The molecule has 0 N–H and O–H groups in total. The van der Waals surface area contributed by atoms with Crippen LogP contribution in [0.25, 0.3) is 76.2 Å². The Labute approximate surface area is 277 Å². The number of furan rings is 1. The van der Waals surface area contributed by atoms with Crippen molar-refractivity contribution in [3.05, 3.63) is 176 Å². The lowest BCUT2D eigenvalue weighted by molar-refractivity contribution is 0.674. The van der Waals surface area contributed by atoms with Crippen molar-refractivity contribution in [1.29, 1.82) is 0 Å². The summed E-state index contributed by atoms with van der Waals surface area (Å²) in [6.45, 7) is 0. The molecule has 1 heterocycles. The van der Waals surface area contributed by atoms with Gasteiger partial charge < -0.3 is 9.32 Å². The third-order valence-electron chi connectivity index (χ3n) is 9.78.